The van der Waals surface area contributed by atoms with Crippen LogP contribution >= 0.6 is 0 Å². The van der Waals surface area contributed by atoms with Gasteiger partial charge in [-0.05, 0) is 30.0 Å². The Balaban J connectivity index is 2.12. The molecule has 0 radical (unpaired) electrons. The molecule has 0 aliphatic heterocycles. The molecule has 1 saturated carbocycles. The summed E-state index contributed by atoms with van der Waals surface area (Å²) in [6.07, 6.45) is 0.682. The molecule has 1 aromatic rings. The van der Waals surface area contributed by atoms with Gasteiger partial charge in [-0.2, -0.15) is 0 Å². The number of carbonyl (C=O) groups is 1. The van der Waals surface area contributed by atoms with Crippen molar-refractivity contribution in [3.05, 3.63) is 35.6 Å². The highest BCUT2D eigenvalue weighted by Crippen LogP contribution is 2.47. The zero-order valence-electron chi connectivity index (χ0n) is 6.90. The predicted molar refractivity (Wildman–Crippen MR) is 44.9 cm³/mol. The molecule has 13 heavy (non-hydrogen) atoms. The van der Waals surface area contributed by atoms with Crippen LogP contribution in [0.25, 0.3) is 0 Å². The van der Waals surface area contributed by atoms with Crippen molar-refractivity contribution in [1.82, 2.24) is 0 Å². The summed E-state index contributed by atoms with van der Waals surface area (Å²) >= 11 is 0. The van der Waals surface area contributed by atoms with Crippen LogP contribution in [-0.4, -0.2) is 11.1 Å². The van der Waals surface area contributed by atoms with E-state index in [0.717, 1.165) is 5.56 Å². The summed E-state index contributed by atoms with van der Waals surface area (Å²) in [5, 5.41) is 8.67. The molecule has 2 atom stereocenters. The van der Waals surface area contributed by atoms with Crippen molar-refractivity contribution < 1.29 is 14.3 Å². The van der Waals surface area contributed by atoms with E-state index in [1.807, 2.05) is 0 Å². The third kappa shape index (κ3) is 1.54. The maximum atomic E-state index is 12.5. The third-order valence-corrected chi connectivity index (χ3v) is 2.41. The largest absolute Gasteiger partial charge is 0.481 e. The molecule has 0 spiro atoms. The Hall–Kier alpha value is -1.38. The van der Waals surface area contributed by atoms with Gasteiger partial charge in [-0.15, -0.1) is 0 Å². The molecule has 3 heteroatoms. The predicted octanol–water partition coefficient (Wildman–Crippen LogP) is 2.01. The van der Waals surface area contributed by atoms with Gasteiger partial charge >= 0.3 is 5.97 Å². The Morgan fingerprint density at radius 2 is 2.00 bits per heavy atom. The Bertz CT molecular complexity index is 331. The first-order valence-electron chi connectivity index (χ1n) is 4.17. The molecule has 0 aromatic heterocycles. The van der Waals surface area contributed by atoms with Gasteiger partial charge in [-0.3, -0.25) is 4.79 Å². The Labute approximate surface area is 75.0 Å². The smallest absolute Gasteiger partial charge is 0.307 e. The fraction of sp³-hybridized carbons (Fsp3) is 0.300. The number of carboxylic acid groups (broad SMARTS) is 1. The lowest BCUT2D eigenvalue weighted by atomic mass is 10.1. The maximum absolute atomic E-state index is 12.5. The van der Waals surface area contributed by atoms with E-state index in [0.29, 0.717) is 6.42 Å². The Kier molecular flexibility index (Phi) is 1.79. The highest BCUT2D eigenvalue weighted by molar-refractivity contribution is 5.75. The molecule has 2 rings (SSSR count). The van der Waals surface area contributed by atoms with Gasteiger partial charge in [0.15, 0.2) is 0 Å². The van der Waals surface area contributed by atoms with E-state index in [-0.39, 0.29) is 17.7 Å². The molecule has 2 nitrogen and oxygen atoms in total. The van der Waals surface area contributed by atoms with Crippen molar-refractivity contribution in [2.45, 2.75) is 12.3 Å². The van der Waals surface area contributed by atoms with E-state index in [4.69, 9.17) is 5.11 Å². The van der Waals surface area contributed by atoms with Crippen LogP contribution in [0.4, 0.5) is 4.39 Å². The van der Waals surface area contributed by atoms with Crippen LogP contribution in [0.5, 0.6) is 0 Å². The number of carboxylic acids is 1. The highest BCUT2D eigenvalue weighted by Gasteiger charge is 2.43. The van der Waals surface area contributed by atoms with E-state index < -0.39 is 5.97 Å². The molecule has 68 valence electrons. The van der Waals surface area contributed by atoms with Crippen LogP contribution in [0.2, 0.25) is 0 Å². The summed E-state index contributed by atoms with van der Waals surface area (Å²) in [4.78, 5) is 10.5. The van der Waals surface area contributed by atoms with Crippen LogP contribution in [0.1, 0.15) is 17.9 Å². The summed E-state index contributed by atoms with van der Waals surface area (Å²) in [5.74, 6) is -1.20. The van der Waals surface area contributed by atoms with Crippen molar-refractivity contribution >= 4 is 5.97 Å². The second-order valence-corrected chi connectivity index (χ2v) is 3.34. The van der Waals surface area contributed by atoms with Crippen LogP contribution in [0.3, 0.4) is 0 Å². The van der Waals surface area contributed by atoms with Gasteiger partial charge < -0.3 is 5.11 Å². The van der Waals surface area contributed by atoms with Gasteiger partial charge in [-0.25, -0.2) is 4.39 Å². The molecule has 1 N–H and O–H groups in total. The number of aliphatic carboxylic acids is 1. The zero-order valence-corrected chi connectivity index (χ0v) is 6.90. The Morgan fingerprint density at radius 1 is 1.38 bits per heavy atom. The van der Waals surface area contributed by atoms with Crippen LogP contribution < -0.4 is 0 Å². The van der Waals surface area contributed by atoms with Crippen molar-refractivity contribution in [2.75, 3.05) is 0 Å². The number of benzene rings is 1. The molecule has 1 unspecified atom stereocenters. The van der Waals surface area contributed by atoms with Crippen molar-refractivity contribution in [2.24, 2.45) is 5.92 Å². The molecule has 0 heterocycles. The van der Waals surface area contributed by atoms with Gasteiger partial charge in [0.25, 0.3) is 0 Å². The third-order valence-electron chi connectivity index (χ3n) is 2.41. The van der Waals surface area contributed by atoms with Crippen molar-refractivity contribution in [1.29, 1.82) is 0 Å². The van der Waals surface area contributed by atoms with Crippen LogP contribution in [0.15, 0.2) is 24.3 Å². The van der Waals surface area contributed by atoms with Gasteiger partial charge in [-0.1, -0.05) is 12.1 Å². The van der Waals surface area contributed by atoms with Crippen molar-refractivity contribution in [3.63, 3.8) is 0 Å². The molecule has 0 saturated heterocycles. The molecule has 1 aliphatic rings. The fourth-order valence-electron chi connectivity index (χ4n) is 1.55. The first kappa shape index (κ1) is 8.23. The van der Waals surface area contributed by atoms with Gasteiger partial charge in [0.2, 0.25) is 0 Å². The fourth-order valence-corrected chi connectivity index (χ4v) is 1.55. The number of halogens is 1. The SMILES string of the molecule is O=C(O)[C@H]1CC1c1ccc(F)cc1. The minimum Gasteiger partial charge on any atom is -0.481 e. The molecule has 0 bridgehead atoms. The standard InChI is InChI=1S/C10H9FO2/c11-7-3-1-6(2-4-7)8-5-9(8)10(12)13/h1-4,8-9H,5H2,(H,12,13)/t8?,9-/m0/s1. The lowest BCUT2D eigenvalue weighted by Gasteiger charge is -1.96. The molecule has 1 aliphatic carbocycles. The van der Waals surface area contributed by atoms with E-state index in [9.17, 15) is 9.18 Å². The number of rotatable bonds is 2. The van der Waals surface area contributed by atoms with Crippen LogP contribution in [0, 0.1) is 11.7 Å². The molecular weight excluding hydrogens is 171 g/mol. The maximum Gasteiger partial charge on any atom is 0.307 e. The summed E-state index contributed by atoms with van der Waals surface area (Å²) < 4.78 is 12.5. The summed E-state index contributed by atoms with van der Waals surface area (Å²) in [7, 11) is 0. The average Bonchev–Trinajstić information content (AvgIpc) is 2.85. The van der Waals surface area contributed by atoms with Crippen LogP contribution in [-0.2, 0) is 4.79 Å². The zero-order chi connectivity index (χ0) is 9.42. The van der Waals surface area contributed by atoms with Crippen molar-refractivity contribution in [3.8, 4) is 0 Å². The average molecular weight is 180 g/mol. The monoisotopic (exact) mass is 180 g/mol. The quantitative estimate of drug-likeness (QED) is 0.755. The van der Waals surface area contributed by atoms with E-state index in [1.165, 1.54) is 12.1 Å². The first-order valence-corrected chi connectivity index (χ1v) is 4.17. The minimum absolute atomic E-state index is 0.0955. The summed E-state index contributed by atoms with van der Waals surface area (Å²) in [5.41, 5.74) is 0.925. The molecule has 1 fully saturated rings. The van der Waals surface area contributed by atoms with Gasteiger partial charge in [0.1, 0.15) is 5.82 Å². The second kappa shape index (κ2) is 2.83. The summed E-state index contributed by atoms with van der Waals surface area (Å²) in [6, 6.07) is 6.05. The van der Waals surface area contributed by atoms with E-state index in [2.05, 4.69) is 0 Å². The minimum atomic E-state index is -0.755. The highest BCUT2D eigenvalue weighted by atomic mass is 19.1. The lowest BCUT2D eigenvalue weighted by molar-refractivity contribution is -0.138. The number of hydrogen-bond acceptors (Lipinski definition) is 1. The van der Waals surface area contributed by atoms with Gasteiger partial charge in [0.05, 0.1) is 5.92 Å². The normalized spacial score (nSPS) is 25.6. The topological polar surface area (TPSA) is 37.3 Å². The van der Waals surface area contributed by atoms with E-state index in [1.54, 1.807) is 12.1 Å². The molecule has 1 aromatic carbocycles. The van der Waals surface area contributed by atoms with Gasteiger partial charge in [0, 0.05) is 0 Å². The first-order chi connectivity index (χ1) is 6.18. The van der Waals surface area contributed by atoms with E-state index >= 15 is 0 Å². The molecular formula is C10H9FO2. The molecule has 0 amide bonds. The second-order valence-electron chi connectivity index (χ2n) is 3.34. The number of hydrogen-bond donors (Lipinski definition) is 1. The Morgan fingerprint density at radius 3 is 2.46 bits per heavy atom. The lowest BCUT2D eigenvalue weighted by Crippen LogP contribution is -1.98. The summed E-state index contributed by atoms with van der Waals surface area (Å²) in [6.45, 7) is 0.